The number of nitrogens with zero attached hydrogens (tertiary/aromatic N) is 1. The summed E-state index contributed by atoms with van der Waals surface area (Å²) in [6.07, 6.45) is 3.42. The topological polar surface area (TPSA) is 42.0 Å². The van der Waals surface area contributed by atoms with Gasteiger partial charge in [0.1, 0.15) is 5.01 Å². The number of rotatable bonds is 2. The molecule has 1 aliphatic rings. The average Bonchev–Trinajstić information content (AvgIpc) is 2.72. The van der Waals surface area contributed by atoms with Crippen LogP contribution in [0.15, 0.2) is 0 Å². The number of aromatic nitrogens is 1. The van der Waals surface area contributed by atoms with Crippen LogP contribution in [0.1, 0.15) is 48.8 Å². The predicted molar refractivity (Wildman–Crippen MR) is 73.3 cm³/mol. The zero-order valence-electron chi connectivity index (χ0n) is 11.0. The lowest BCUT2D eigenvalue weighted by molar-refractivity contribution is -0.116. The lowest BCUT2D eigenvalue weighted by Gasteiger charge is -2.15. The second-order valence-electron chi connectivity index (χ2n) is 4.84. The molecular formula is C14H18N2OS. The summed E-state index contributed by atoms with van der Waals surface area (Å²) < 4.78 is 0. The van der Waals surface area contributed by atoms with Gasteiger partial charge in [-0.1, -0.05) is 12.8 Å². The Kier molecular flexibility index (Phi) is 4.03. The number of fused-ring (bicyclic) bond motifs is 1. The quantitative estimate of drug-likeness (QED) is 0.832. The third-order valence-corrected chi connectivity index (χ3v) is 4.46. The van der Waals surface area contributed by atoms with Crippen molar-refractivity contribution < 1.29 is 4.79 Å². The normalized spacial score (nSPS) is 19.4. The molecule has 0 aliphatic heterocycles. The van der Waals surface area contributed by atoms with Crippen molar-refractivity contribution in [1.82, 2.24) is 10.3 Å². The summed E-state index contributed by atoms with van der Waals surface area (Å²) in [4.78, 5) is 17.5. The van der Waals surface area contributed by atoms with Crippen LogP contribution in [0.4, 0.5) is 0 Å². The van der Waals surface area contributed by atoms with Crippen LogP contribution in [0.5, 0.6) is 0 Å². The minimum absolute atomic E-state index is 0.0516. The van der Waals surface area contributed by atoms with Crippen LogP contribution in [0.3, 0.4) is 0 Å². The Bertz CT molecular complexity index is 510. The van der Waals surface area contributed by atoms with Crippen LogP contribution < -0.4 is 5.32 Å². The molecule has 1 amide bonds. The summed E-state index contributed by atoms with van der Waals surface area (Å²) in [5.41, 5.74) is 1.23. The van der Waals surface area contributed by atoms with E-state index in [-0.39, 0.29) is 11.9 Å². The smallest absolute Gasteiger partial charge is 0.296 e. The molecule has 0 radical (unpaired) electrons. The van der Waals surface area contributed by atoms with Crippen molar-refractivity contribution in [3.8, 4) is 11.8 Å². The van der Waals surface area contributed by atoms with E-state index in [0.29, 0.717) is 0 Å². The van der Waals surface area contributed by atoms with Gasteiger partial charge >= 0.3 is 0 Å². The zero-order valence-corrected chi connectivity index (χ0v) is 11.9. The van der Waals surface area contributed by atoms with E-state index in [0.717, 1.165) is 23.8 Å². The highest BCUT2D eigenvalue weighted by molar-refractivity contribution is 7.11. The number of aryl methyl sites for hydroxylation is 1. The van der Waals surface area contributed by atoms with Gasteiger partial charge in [-0.25, -0.2) is 4.98 Å². The largest absolute Gasteiger partial charge is 0.336 e. The van der Waals surface area contributed by atoms with Gasteiger partial charge in [0.25, 0.3) is 5.91 Å². The molecule has 2 rings (SSSR count). The Morgan fingerprint density at radius 1 is 1.61 bits per heavy atom. The average molecular weight is 262 g/mol. The van der Waals surface area contributed by atoms with E-state index in [4.69, 9.17) is 0 Å². The predicted octanol–water partition coefficient (Wildman–Crippen LogP) is 2.47. The maximum Gasteiger partial charge on any atom is 0.296 e. The van der Waals surface area contributed by atoms with E-state index in [1.165, 1.54) is 17.0 Å². The second kappa shape index (κ2) is 5.53. The maximum absolute atomic E-state index is 11.4. The molecule has 0 aromatic carbocycles. The van der Waals surface area contributed by atoms with Gasteiger partial charge in [0.15, 0.2) is 0 Å². The van der Waals surface area contributed by atoms with Gasteiger partial charge in [-0.2, -0.15) is 0 Å². The summed E-state index contributed by atoms with van der Waals surface area (Å²) in [6.45, 7) is 5.90. The standard InChI is InChI=1S/C14H18N2OS/c1-4-5-13(17)15-10(3)14-16-11-7-6-9(2)8-12(11)18-14/h9-10H,6-8H2,1-3H3,(H,15,17). The van der Waals surface area contributed by atoms with E-state index in [9.17, 15) is 4.79 Å². The third kappa shape index (κ3) is 2.91. The molecule has 0 saturated carbocycles. The van der Waals surface area contributed by atoms with Crippen molar-refractivity contribution in [2.24, 2.45) is 5.92 Å². The molecule has 2 atom stereocenters. The number of hydrogen-bond acceptors (Lipinski definition) is 3. The van der Waals surface area contributed by atoms with Crippen molar-refractivity contribution >= 4 is 17.2 Å². The van der Waals surface area contributed by atoms with Crippen LogP contribution >= 0.6 is 11.3 Å². The van der Waals surface area contributed by atoms with Crippen LogP contribution in [0.2, 0.25) is 0 Å². The highest BCUT2D eigenvalue weighted by atomic mass is 32.1. The Hall–Kier alpha value is -1.34. The van der Waals surface area contributed by atoms with E-state index >= 15 is 0 Å². The Balaban J connectivity index is 2.09. The van der Waals surface area contributed by atoms with Gasteiger partial charge in [-0.05, 0) is 44.9 Å². The number of carbonyl (C=O) groups excluding carboxylic acids is 1. The molecule has 3 nitrogen and oxygen atoms in total. The molecule has 1 aliphatic carbocycles. The van der Waals surface area contributed by atoms with Gasteiger partial charge in [-0.15, -0.1) is 11.3 Å². The molecule has 96 valence electrons. The molecule has 4 heteroatoms. The van der Waals surface area contributed by atoms with Crippen LogP contribution in [0.25, 0.3) is 0 Å². The second-order valence-corrected chi connectivity index (χ2v) is 5.96. The summed E-state index contributed by atoms with van der Waals surface area (Å²) in [6, 6.07) is -0.0516. The van der Waals surface area contributed by atoms with E-state index < -0.39 is 0 Å². The van der Waals surface area contributed by atoms with Crippen molar-refractivity contribution in [2.75, 3.05) is 0 Å². The molecule has 1 N–H and O–H groups in total. The summed E-state index contributed by atoms with van der Waals surface area (Å²) in [7, 11) is 0. The lowest BCUT2D eigenvalue weighted by atomic mass is 9.93. The fourth-order valence-corrected chi connectivity index (χ4v) is 3.43. The zero-order chi connectivity index (χ0) is 13.1. The first-order valence-corrected chi connectivity index (χ1v) is 7.13. The van der Waals surface area contributed by atoms with Gasteiger partial charge in [0.05, 0.1) is 11.7 Å². The fraction of sp³-hybridized carbons (Fsp3) is 0.571. The van der Waals surface area contributed by atoms with Gasteiger partial charge in [0, 0.05) is 4.88 Å². The molecule has 0 saturated heterocycles. The van der Waals surface area contributed by atoms with Gasteiger partial charge in [-0.3, -0.25) is 4.79 Å². The molecule has 1 aromatic heterocycles. The van der Waals surface area contributed by atoms with Gasteiger partial charge in [0.2, 0.25) is 0 Å². The molecular weight excluding hydrogens is 244 g/mol. The first kappa shape index (κ1) is 13.1. The third-order valence-electron chi connectivity index (χ3n) is 3.16. The number of amides is 1. The molecule has 0 spiro atoms. The number of carbonyl (C=O) groups is 1. The molecule has 2 unspecified atom stereocenters. The lowest BCUT2D eigenvalue weighted by Crippen LogP contribution is -2.24. The maximum atomic E-state index is 11.4. The van der Waals surface area contributed by atoms with Crippen LogP contribution in [-0.2, 0) is 17.6 Å². The Morgan fingerprint density at radius 2 is 2.39 bits per heavy atom. The first-order valence-electron chi connectivity index (χ1n) is 6.32. The highest BCUT2D eigenvalue weighted by Crippen LogP contribution is 2.31. The van der Waals surface area contributed by atoms with Gasteiger partial charge < -0.3 is 5.32 Å². The van der Waals surface area contributed by atoms with Crippen molar-refractivity contribution in [3.05, 3.63) is 15.6 Å². The first-order chi connectivity index (χ1) is 8.60. The molecule has 0 bridgehead atoms. The van der Waals surface area contributed by atoms with Crippen molar-refractivity contribution in [2.45, 2.75) is 46.1 Å². The fourth-order valence-electron chi connectivity index (χ4n) is 2.15. The van der Waals surface area contributed by atoms with E-state index in [1.807, 2.05) is 6.92 Å². The highest BCUT2D eigenvalue weighted by Gasteiger charge is 2.22. The molecule has 0 fully saturated rings. The number of thiazole rings is 1. The van der Waals surface area contributed by atoms with Crippen LogP contribution in [-0.4, -0.2) is 10.9 Å². The number of nitrogens with one attached hydrogen (secondary N) is 1. The monoisotopic (exact) mass is 262 g/mol. The Morgan fingerprint density at radius 3 is 3.11 bits per heavy atom. The minimum Gasteiger partial charge on any atom is -0.336 e. The minimum atomic E-state index is -0.230. The summed E-state index contributed by atoms with van der Waals surface area (Å²) >= 11 is 1.73. The van der Waals surface area contributed by atoms with Crippen LogP contribution in [0, 0.1) is 17.8 Å². The van der Waals surface area contributed by atoms with Crippen molar-refractivity contribution in [1.29, 1.82) is 0 Å². The van der Waals surface area contributed by atoms with Crippen molar-refractivity contribution in [3.63, 3.8) is 0 Å². The molecule has 1 heterocycles. The summed E-state index contributed by atoms with van der Waals surface area (Å²) in [5, 5.41) is 3.85. The summed E-state index contributed by atoms with van der Waals surface area (Å²) in [5.74, 6) is 5.61. The van der Waals surface area contributed by atoms with E-state index in [2.05, 4.69) is 29.1 Å². The number of hydrogen-bond donors (Lipinski definition) is 1. The van der Waals surface area contributed by atoms with E-state index in [1.54, 1.807) is 18.3 Å². The molecule has 1 aromatic rings. The molecule has 18 heavy (non-hydrogen) atoms. The SMILES string of the molecule is CC#CC(=O)NC(C)c1nc2c(s1)CC(C)CC2. The Labute approximate surface area is 112 Å².